The number of carbonyl (C=O) groups excluding carboxylic acids is 1. The van der Waals surface area contributed by atoms with E-state index in [1.165, 1.54) is 0 Å². The summed E-state index contributed by atoms with van der Waals surface area (Å²) in [6, 6.07) is 0. The minimum atomic E-state index is -1.68. The van der Waals surface area contributed by atoms with E-state index in [1.807, 2.05) is 13.8 Å². The molecule has 6 N–H and O–H groups in total. The summed E-state index contributed by atoms with van der Waals surface area (Å²) in [5, 5.41) is 59.0. The van der Waals surface area contributed by atoms with Crippen molar-refractivity contribution in [1.29, 1.82) is 0 Å². The van der Waals surface area contributed by atoms with Gasteiger partial charge in [-0.3, -0.25) is 9.59 Å². The molecule has 1 aliphatic heterocycles. The molecular weight excluding hydrogens is 464 g/mol. The van der Waals surface area contributed by atoms with Crippen molar-refractivity contribution < 1.29 is 54.4 Å². The lowest BCUT2D eigenvalue weighted by Crippen LogP contribution is -2.59. The van der Waals surface area contributed by atoms with E-state index in [1.54, 1.807) is 0 Å². The number of rotatable bonds is 18. The highest BCUT2D eigenvalue weighted by Crippen LogP contribution is 2.26. The SMILES string of the molecule is CCCCC[C@@H](O)CC(=O)O[C@@H](CCCCC)C[C@@H](CC(=O)O)O[C@@H]1O[C@H](CO)[C@@H](O)[C@H](O)[C@@H]1O. The Bertz CT molecular complexity index is 600. The van der Waals surface area contributed by atoms with Crippen LogP contribution in [0.3, 0.4) is 0 Å². The van der Waals surface area contributed by atoms with Crippen LogP contribution in [0.15, 0.2) is 0 Å². The van der Waals surface area contributed by atoms with Gasteiger partial charge in [-0.05, 0) is 19.3 Å². The summed E-state index contributed by atoms with van der Waals surface area (Å²) in [6.45, 7) is 3.41. The summed E-state index contributed by atoms with van der Waals surface area (Å²) in [4.78, 5) is 23.9. The number of carboxylic acids is 1. The first kappa shape index (κ1) is 31.7. The monoisotopic (exact) mass is 508 g/mol. The first-order chi connectivity index (χ1) is 16.6. The van der Waals surface area contributed by atoms with Crippen LogP contribution in [0.4, 0.5) is 0 Å². The minimum absolute atomic E-state index is 0.0112. The zero-order valence-electron chi connectivity index (χ0n) is 20.8. The van der Waals surface area contributed by atoms with Gasteiger partial charge in [-0.1, -0.05) is 46.0 Å². The summed E-state index contributed by atoms with van der Waals surface area (Å²) in [5.41, 5.74) is 0. The molecule has 1 heterocycles. The molecule has 8 atom stereocenters. The second-order valence-electron chi connectivity index (χ2n) is 9.25. The normalized spacial score (nSPS) is 27.2. The number of aliphatic hydroxyl groups excluding tert-OH is 5. The van der Waals surface area contributed by atoms with Crippen molar-refractivity contribution >= 4 is 11.9 Å². The van der Waals surface area contributed by atoms with Crippen LogP contribution >= 0.6 is 0 Å². The quantitative estimate of drug-likeness (QED) is 0.114. The van der Waals surface area contributed by atoms with Crippen molar-refractivity contribution in [2.75, 3.05) is 6.61 Å². The summed E-state index contributed by atoms with van der Waals surface area (Å²) < 4.78 is 16.6. The molecule has 0 saturated carbocycles. The molecule has 206 valence electrons. The van der Waals surface area contributed by atoms with Gasteiger partial charge in [-0.25, -0.2) is 0 Å². The second kappa shape index (κ2) is 17.2. The standard InChI is InChI=1S/C24H44O11/c1-3-5-7-9-15(26)11-20(29)33-16(10-8-6-4-2)12-17(13-19(27)28)34-24-23(32)22(31)21(30)18(14-25)35-24/h15-18,21-26,30-32H,3-14H2,1-2H3,(H,27,28)/t15-,16+,17+,18-,21-,22+,23+,24-/m1/s1. The van der Waals surface area contributed by atoms with E-state index in [-0.39, 0.29) is 12.8 Å². The molecule has 1 fully saturated rings. The molecule has 0 aromatic rings. The average molecular weight is 509 g/mol. The molecule has 0 bridgehead atoms. The molecule has 0 radical (unpaired) electrons. The van der Waals surface area contributed by atoms with Crippen molar-refractivity contribution in [3.63, 3.8) is 0 Å². The lowest BCUT2D eigenvalue weighted by molar-refractivity contribution is -0.312. The van der Waals surface area contributed by atoms with E-state index in [0.29, 0.717) is 12.8 Å². The van der Waals surface area contributed by atoms with Crippen molar-refractivity contribution in [1.82, 2.24) is 0 Å². The number of hydrogen-bond donors (Lipinski definition) is 6. The Balaban J connectivity index is 2.85. The number of unbranched alkanes of at least 4 members (excludes halogenated alkanes) is 4. The van der Waals surface area contributed by atoms with E-state index in [2.05, 4.69) is 0 Å². The largest absolute Gasteiger partial charge is 0.481 e. The number of carboxylic acid groups (broad SMARTS) is 1. The molecular formula is C24H44O11. The van der Waals surface area contributed by atoms with Crippen LogP contribution in [-0.2, 0) is 23.8 Å². The van der Waals surface area contributed by atoms with Crippen LogP contribution in [0.2, 0.25) is 0 Å². The predicted molar refractivity (Wildman–Crippen MR) is 124 cm³/mol. The highest BCUT2D eigenvalue weighted by Gasteiger charge is 2.45. The molecule has 1 aliphatic rings. The Hall–Kier alpha value is -1.34. The Morgan fingerprint density at radius 3 is 2.09 bits per heavy atom. The maximum atomic E-state index is 12.4. The van der Waals surface area contributed by atoms with Crippen LogP contribution in [0.25, 0.3) is 0 Å². The van der Waals surface area contributed by atoms with E-state index in [0.717, 1.165) is 38.5 Å². The summed E-state index contributed by atoms with van der Waals surface area (Å²) in [7, 11) is 0. The van der Waals surface area contributed by atoms with Crippen LogP contribution in [0.1, 0.15) is 84.5 Å². The Labute approximate surface area is 207 Å². The van der Waals surface area contributed by atoms with Crippen LogP contribution in [0, 0.1) is 0 Å². The minimum Gasteiger partial charge on any atom is -0.481 e. The summed E-state index contributed by atoms with van der Waals surface area (Å²) in [6.07, 6.45) is -4.58. The number of esters is 1. The fourth-order valence-electron chi connectivity index (χ4n) is 4.05. The van der Waals surface area contributed by atoms with Crippen molar-refractivity contribution in [3.05, 3.63) is 0 Å². The number of hydrogen-bond acceptors (Lipinski definition) is 10. The van der Waals surface area contributed by atoms with Gasteiger partial charge >= 0.3 is 11.9 Å². The van der Waals surface area contributed by atoms with Gasteiger partial charge in [0.15, 0.2) is 6.29 Å². The van der Waals surface area contributed by atoms with Crippen molar-refractivity contribution in [2.24, 2.45) is 0 Å². The van der Waals surface area contributed by atoms with Gasteiger partial charge < -0.3 is 44.8 Å². The van der Waals surface area contributed by atoms with Crippen LogP contribution < -0.4 is 0 Å². The van der Waals surface area contributed by atoms with Crippen molar-refractivity contribution in [3.8, 4) is 0 Å². The lowest BCUT2D eigenvalue weighted by atomic mass is 9.98. The van der Waals surface area contributed by atoms with Crippen LogP contribution in [-0.4, -0.2) is 98.2 Å². The zero-order chi connectivity index (χ0) is 26.4. The molecule has 11 nitrogen and oxygen atoms in total. The van der Waals surface area contributed by atoms with Gasteiger partial charge in [-0.15, -0.1) is 0 Å². The van der Waals surface area contributed by atoms with Gasteiger partial charge in [0.25, 0.3) is 0 Å². The van der Waals surface area contributed by atoms with E-state index >= 15 is 0 Å². The van der Waals surface area contributed by atoms with Crippen molar-refractivity contribution in [2.45, 2.75) is 133 Å². The molecule has 0 unspecified atom stereocenters. The molecule has 0 aliphatic carbocycles. The number of aliphatic hydroxyl groups is 5. The molecule has 0 amide bonds. The fraction of sp³-hybridized carbons (Fsp3) is 0.917. The molecule has 1 saturated heterocycles. The number of ether oxygens (including phenoxy) is 3. The molecule has 0 aromatic heterocycles. The molecule has 1 rings (SSSR count). The second-order valence-corrected chi connectivity index (χ2v) is 9.25. The first-order valence-electron chi connectivity index (χ1n) is 12.7. The van der Waals surface area contributed by atoms with Crippen LogP contribution in [0.5, 0.6) is 0 Å². The molecule has 35 heavy (non-hydrogen) atoms. The third kappa shape index (κ3) is 12.0. The summed E-state index contributed by atoms with van der Waals surface area (Å²) >= 11 is 0. The van der Waals surface area contributed by atoms with Gasteiger partial charge in [0.1, 0.15) is 30.5 Å². The Morgan fingerprint density at radius 2 is 1.51 bits per heavy atom. The van der Waals surface area contributed by atoms with Gasteiger partial charge in [-0.2, -0.15) is 0 Å². The number of aliphatic carboxylic acids is 1. The Morgan fingerprint density at radius 1 is 0.886 bits per heavy atom. The maximum absolute atomic E-state index is 12.4. The highest BCUT2D eigenvalue weighted by molar-refractivity contribution is 5.70. The van der Waals surface area contributed by atoms with Gasteiger partial charge in [0.05, 0.1) is 31.7 Å². The smallest absolute Gasteiger partial charge is 0.308 e. The topological polar surface area (TPSA) is 183 Å². The third-order valence-electron chi connectivity index (χ3n) is 6.07. The zero-order valence-corrected chi connectivity index (χ0v) is 20.8. The number of carbonyl (C=O) groups is 2. The highest BCUT2D eigenvalue weighted by atomic mass is 16.7. The van der Waals surface area contributed by atoms with Gasteiger partial charge in [0.2, 0.25) is 0 Å². The fourth-order valence-corrected chi connectivity index (χ4v) is 4.05. The Kier molecular flexibility index (Phi) is 15.5. The van der Waals surface area contributed by atoms with E-state index in [9.17, 15) is 40.2 Å². The molecule has 0 spiro atoms. The molecule has 11 heteroatoms. The summed E-state index contributed by atoms with van der Waals surface area (Å²) in [5.74, 6) is -1.78. The first-order valence-corrected chi connectivity index (χ1v) is 12.7. The van der Waals surface area contributed by atoms with Gasteiger partial charge in [0, 0.05) is 6.42 Å². The van der Waals surface area contributed by atoms with E-state index in [4.69, 9.17) is 14.2 Å². The molecule has 0 aromatic carbocycles. The predicted octanol–water partition coefficient (Wildman–Crippen LogP) is 0.860. The average Bonchev–Trinajstić information content (AvgIpc) is 2.79. The lowest BCUT2D eigenvalue weighted by Gasteiger charge is -2.41. The van der Waals surface area contributed by atoms with E-state index < -0.39 is 74.0 Å². The third-order valence-corrected chi connectivity index (χ3v) is 6.07. The maximum Gasteiger partial charge on any atom is 0.308 e.